The second-order valence-electron chi connectivity index (χ2n) is 4.19. The van der Waals surface area contributed by atoms with Gasteiger partial charge in [0.05, 0.1) is 0 Å². The second-order valence-corrected chi connectivity index (χ2v) is 4.19. The monoisotopic (exact) mass is 156 g/mol. The minimum absolute atomic E-state index is 0.243. The molecule has 1 aliphatic rings. The number of hydrogen-bond donors (Lipinski definition) is 1. The fraction of sp³-hybridized carbons (Fsp3) is 1.00. The van der Waals surface area contributed by atoms with Crippen LogP contribution in [-0.2, 0) is 0 Å². The summed E-state index contributed by atoms with van der Waals surface area (Å²) in [6.45, 7) is 4.82. The summed E-state index contributed by atoms with van der Waals surface area (Å²) in [7, 11) is 0. The van der Waals surface area contributed by atoms with Gasteiger partial charge in [-0.3, -0.25) is 0 Å². The van der Waals surface area contributed by atoms with Crippen molar-refractivity contribution < 1.29 is 5.11 Å². The number of rotatable bonds is 4. The van der Waals surface area contributed by atoms with Crippen molar-refractivity contribution in [3.63, 3.8) is 0 Å². The van der Waals surface area contributed by atoms with Crippen LogP contribution in [0.5, 0.6) is 0 Å². The van der Waals surface area contributed by atoms with E-state index in [0.29, 0.717) is 6.61 Å². The summed E-state index contributed by atoms with van der Waals surface area (Å²) in [5.74, 6) is 0.812. The van der Waals surface area contributed by atoms with Gasteiger partial charge in [-0.15, -0.1) is 0 Å². The van der Waals surface area contributed by atoms with Gasteiger partial charge < -0.3 is 5.11 Å². The van der Waals surface area contributed by atoms with Crippen molar-refractivity contribution in [1.82, 2.24) is 0 Å². The first-order valence-electron chi connectivity index (χ1n) is 4.84. The Balaban J connectivity index is 2.43. The third kappa shape index (κ3) is 1.76. The van der Waals surface area contributed by atoms with Crippen LogP contribution in [0.1, 0.15) is 46.0 Å². The average Bonchev–Trinajstić information content (AvgIpc) is 1.84. The SMILES string of the molecule is CCCC(C)(CO)C1CCC1. The molecule has 0 heterocycles. The summed E-state index contributed by atoms with van der Waals surface area (Å²) in [5, 5.41) is 9.25. The Morgan fingerprint density at radius 2 is 2.09 bits per heavy atom. The summed E-state index contributed by atoms with van der Waals surface area (Å²) in [6, 6.07) is 0. The largest absolute Gasteiger partial charge is 0.396 e. The van der Waals surface area contributed by atoms with E-state index in [1.54, 1.807) is 0 Å². The molecule has 1 aliphatic carbocycles. The molecule has 1 heteroatoms. The van der Waals surface area contributed by atoms with Crippen LogP contribution in [0.15, 0.2) is 0 Å². The van der Waals surface area contributed by atoms with Gasteiger partial charge in [0.15, 0.2) is 0 Å². The molecule has 0 aromatic heterocycles. The van der Waals surface area contributed by atoms with Gasteiger partial charge in [0.1, 0.15) is 0 Å². The topological polar surface area (TPSA) is 20.2 Å². The van der Waals surface area contributed by atoms with Crippen molar-refractivity contribution in [2.75, 3.05) is 6.61 Å². The molecule has 1 rings (SSSR count). The van der Waals surface area contributed by atoms with Crippen LogP contribution >= 0.6 is 0 Å². The zero-order valence-corrected chi connectivity index (χ0v) is 7.77. The van der Waals surface area contributed by atoms with Crippen molar-refractivity contribution in [1.29, 1.82) is 0 Å². The molecular formula is C10H20O. The molecule has 0 bridgehead atoms. The first-order chi connectivity index (χ1) is 5.23. The maximum atomic E-state index is 9.25. The fourth-order valence-electron chi connectivity index (χ4n) is 2.09. The van der Waals surface area contributed by atoms with E-state index in [4.69, 9.17) is 0 Å². The highest BCUT2D eigenvalue weighted by Gasteiger charge is 2.36. The van der Waals surface area contributed by atoms with E-state index in [1.807, 2.05) is 0 Å². The molecule has 1 nitrogen and oxygen atoms in total. The number of hydrogen-bond acceptors (Lipinski definition) is 1. The molecule has 1 N–H and O–H groups in total. The van der Waals surface area contributed by atoms with Gasteiger partial charge in [0.2, 0.25) is 0 Å². The molecule has 66 valence electrons. The summed E-state index contributed by atoms with van der Waals surface area (Å²) in [6.07, 6.45) is 6.46. The van der Waals surface area contributed by atoms with E-state index in [-0.39, 0.29) is 5.41 Å². The van der Waals surface area contributed by atoms with Crippen molar-refractivity contribution in [3.8, 4) is 0 Å². The zero-order valence-electron chi connectivity index (χ0n) is 7.77. The van der Waals surface area contributed by atoms with E-state index >= 15 is 0 Å². The Kier molecular flexibility index (Phi) is 2.94. The highest BCUT2D eigenvalue weighted by atomic mass is 16.3. The average molecular weight is 156 g/mol. The van der Waals surface area contributed by atoms with Crippen LogP contribution < -0.4 is 0 Å². The van der Waals surface area contributed by atoms with E-state index in [2.05, 4.69) is 13.8 Å². The molecule has 0 amide bonds. The summed E-state index contributed by atoms with van der Waals surface area (Å²) in [4.78, 5) is 0. The standard InChI is InChI=1S/C10H20O/c1-3-7-10(2,8-11)9-5-4-6-9/h9,11H,3-8H2,1-2H3. The minimum atomic E-state index is 0.243. The van der Waals surface area contributed by atoms with Crippen LogP contribution in [0.4, 0.5) is 0 Å². The molecule has 0 spiro atoms. The highest BCUT2D eigenvalue weighted by molar-refractivity contribution is 4.86. The molecule has 0 aromatic rings. The van der Waals surface area contributed by atoms with Crippen molar-refractivity contribution in [2.24, 2.45) is 11.3 Å². The van der Waals surface area contributed by atoms with Crippen LogP contribution in [0.2, 0.25) is 0 Å². The third-order valence-corrected chi connectivity index (χ3v) is 3.27. The van der Waals surface area contributed by atoms with Gasteiger partial charge in [-0.05, 0) is 30.6 Å². The van der Waals surface area contributed by atoms with Gasteiger partial charge in [-0.25, -0.2) is 0 Å². The number of aliphatic hydroxyl groups excluding tert-OH is 1. The Labute approximate surface area is 69.8 Å². The van der Waals surface area contributed by atoms with Gasteiger partial charge in [-0.1, -0.05) is 26.7 Å². The Bertz CT molecular complexity index is 118. The van der Waals surface area contributed by atoms with Crippen LogP contribution in [0, 0.1) is 11.3 Å². The fourth-order valence-corrected chi connectivity index (χ4v) is 2.09. The second kappa shape index (κ2) is 3.57. The first-order valence-corrected chi connectivity index (χ1v) is 4.84. The van der Waals surface area contributed by atoms with Crippen LogP contribution in [0.25, 0.3) is 0 Å². The van der Waals surface area contributed by atoms with Crippen LogP contribution in [-0.4, -0.2) is 11.7 Å². The summed E-state index contributed by atoms with van der Waals surface area (Å²) >= 11 is 0. The molecule has 0 aliphatic heterocycles. The van der Waals surface area contributed by atoms with Crippen LogP contribution in [0.3, 0.4) is 0 Å². The van der Waals surface area contributed by atoms with E-state index in [1.165, 1.54) is 32.1 Å². The predicted molar refractivity (Wildman–Crippen MR) is 47.4 cm³/mol. The maximum Gasteiger partial charge on any atom is 0.0487 e. The zero-order chi connectivity index (χ0) is 8.32. The van der Waals surface area contributed by atoms with Gasteiger partial charge in [-0.2, -0.15) is 0 Å². The molecule has 1 fully saturated rings. The lowest BCUT2D eigenvalue weighted by atomic mass is 9.65. The Morgan fingerprint density at radius 3 is 2.36 bits per heavy atom. The van der Waals surface area contributed by atoms with E-state index in [0.717, 1.165) is 5.92 Å². The predicted octanol–water partition coefficient (Wildman–Crippen LogP) is 2.59. The normalized spacial score (nSPS) is 24.3. The molecule has 0 saturated heterocycles. The Hall–Kier alpha value is -0.0400. The minimum Gasteiger partial charge on any atom is -0.396 e. The van der Waals surface area contributed by atoms with Gasteiger partial charge in [0, 0.05) is 6.61 Å². The maximum absolute atomic E-state index is 9.25. The molecule has 1 saturated carbocycles. The molecule has 0 aromatic carbocycles. The molecular weight excluding hydrogens is 136 g/mol. The molecule has 1 atom stereocenters. The quantitative estimate of drug-likeness (QED) is 0.663. The van der Waals surface area contributed by atoms with E-state index < -0.39 is 0 Å². The highest BCUT2D eigenvalue weighted by Crippen LogP contribution is 2.44. The first kappa shape index (κ1) is 9.05. The summed E-state index contributed by atoms with van der Waals surface area (Å²) < 4.78 is 0. The lowest BCUT2D eigenvalue weighted by molar-refractivity contribution is 0.0262. The van der Waals surface area contributed by atoms with E-state index in [9.17, 15) is 5.11 Å². The molecule has 0 radical (unpaired) electrons. The van der Waals surface area contributed by atoms with Gasteiger partial charge in [0.25, 0.3) is 0 Å². The Morgan fingerprint density at radius 1 is 1.45 bits per heavy atom. The lowest BCUT2D eigenvalue weighted by Gasteiger charge is -2.41. The lowest BCUT2D eigenvalue weighted by Crippen LogP contribution is -2.35. The van der Waals surface area contributed by atoms with Gasteiger partial charge >= 0.3 is 0 Å². The summed E-state index contributed by atoms with van der Waals surface area (Å²) in [5.41, 5.74) is 0.243. The smallest absolute Gasteiger partial charge is 0.0487 e. The number of aliphatic hydroxyl groups is 1. The third-order valence-electron chi connectivity index (χ3n) is 3.27. The molecule has 1 unspecified atom stereocenters. The van der Waals surface area contributed by atoms with Crippen molar-refractivity contribution in [3.05, 3.63) is 0 Å². The van der Waals surface area contributed by atoms with Crippen molar-refractivity contribution >= 4 is 0 Å². The molecule has 11 heavy (non-hydrogen) atoms. The van der Waals surface area contributed by atoms with Crippen molar-refractivity contribution in [2.45, 2.75) is 46.0 Å².